The highest BCUT2D eigenvalue weighted by Gasteiger charge is 2.37. The van der Waals surface area contributed by atoms with Gasteiger partial charge < -0.3 is 25.6 Å². The number of aromatic nitrogens is 1. The van der Waals surface area contributed by atoms with E-state index in [1.54, 1.807) is 5.38 Å². The minimum absolute atomic E-state index is 0.154. The molecule has 0 fully saturated rings. The van der Waals surface area contributed by atoms with Crippen LogP contribution in [0.15, 0.2) is 28.7 Å². The number of hydrogen-bond donors (Lipinski definition) is 3. The van der Waals surface area contributed by atoms with E-state index >= 15 is 0 Å². The summed E-state index contributed by atoms with van der Waals surface area (Å²) in [7, 11) is -1.23. The number of hydrogen-bond acceptors (Lipinski definition) is 8. The summed E-state index contributed by atoms with van der Waals surface area (Å²) < 4.78 is 17.8. The monoisotopic (exact) mass is 392 g/mol. The SMILES string of the molecule is Cc1cccc2c1OB(O)[C@@H](NC(=O)/C(=N\OCCF)c1csc(N)n1)C2. The maximum Gasteiger partial charge on any atom is 0.547 e. The molecule has 2 aromatic rings. The number of oxime groups is 1. The third-order valence-corrected chi connectivity index (χ3v) is 4.61. The highest BCUT2D eigenvalue weighted by Crippen LogP contribution is 2.29. The zero-order chi connectivity index (χ0) is 19.4. The first-order valence-corrected chi connectivity index (χ1v) is 9.09. The van der Waals surface area contributed by atoms with Crippen molar-refractivity contribution >= 4 is 35.2 Å². The summed E-state index contributed by atoms with van der Waals surface area (Å²) in [6.45, 7) is 0.839. The minimum atomic E-state index is -1.23. The molecule has 142 valence electrons. The molecular formula is C16H18BFN4O4S. The smallest absolute Gasteiger partial charge is 0.534 e. The molecule has 1 aromatic heterocycles. The van der Waals surface area contributed by atoms with Gasteiger partial charge in [0.2, 0.25) is 0 Å². The zero-order valence-electron chi connectivity index (χ0n) is 14.5. The summed E-state index contributed by atoms with van der Waals surface area (Å²) in [4.78, 5) is 21.5. The second kappa shape index (κ2) is 8.36. The molecule has 0 saturated carbocycles. The van der Waals surface area contributed by atoms with Crippen molar-refractivity contribution in [1.29, 1.82) is 0 Å². The van der Waals surface area contributed by atoms with Crippen molar-refractivity contribution in [3.63, 3.8) is 0 Å². The number of rotatable bonds is 6. The van der Waals surface area contributed by atoms with E-state index in [0.29, 0.717) is 12.2 Å². The van der Waals surface area contributed by atoms with E-state index in [4.69, 9.17) is 15.2 Å². The highest BCUT2D eigenvalue weighted by molar-refractivity contribution is 7.13. The molecule has 1 amide bonds. The first-order valence-electron chi connectivity index (χ1n) is 8.21. The molecule has 0 spiro atoms. The molecule has 2 heterocycles. The molecule has 1 aromatic carbocycles. The van der Waals surface area contributed by atoms with E-state index in [1.165, 1.54) is 0 Å². The number of anilines is 1. The van der Waals surface area contributed by atoms with Gasteiger partial charge in [-0.1, -0.05) is 23.4 Å². The summed E-state index contributed by atoms with van der Waals surface area (Å²) in [5.74, 6) is -0.722. The number of halogens is 1. The molecule has 11 heteroatoms. The Labute approximate surface area is 159 Å². The normalized spacial score (nSPS) is 16.5. The van der Waals surface area contributed by atoms with E-state index in [2.05, 4.69) is 15.5 Å². The van der Waals surface area contributed by atoms with Crippen LogP contribution < -0.4 is 15.7 Å². The zero-order valence-corrected chi connectivity index (χ0v) is 15.3. The first kappa shape index (κ1) is 19.1. The molecular weight excluding hydrogens is 374 g/mol. The Hall–Kier alpha value is -2.66. The molecule has 0 bridgehead atoms. The van der Waals surface area contributed by atoms with Gasteiger partial charge in [0.05, 0.1) is 5.94 Å². The summed E-state index contributed by atoms with van der Waals surface area (Å²) >= 11 is 1.13. The largest absolute Gasteiger partial charge is 0.547 e. The van der Waals surface area contributed by atoms with Crippen molar-refractivity contribution in [2.45, 2.75) is 19.3 Å². The minimum Gasteiger partial charge on any atom is -0.534 e. The van der Waals surface area contributed by atoms with Crippen LogP contribution in [0.25, 0.3) is 0 Å². The number of thiazole rings is 1. The van der Waals surface area contributed by atoms with Crippen LogP contribution in [-0.4, -0.2) is 48.0 Å². The first-order chi connectivity index (χ1) is 13.0. The van der Waals surface area contributed by atoms with Crippen LogP contribution >= 0.6 is 11.3 Å². The van der Waals surface area contributed by atoms with Gasteiger partial charge in [0, 0.05) is 5.38 Å². The van der Waals surface area contributed by atoms with Crippen molar-refractivity contribution < 1.29 is 23.7 Å². The van der Waals surface area contributed by atoms with Gasteiger partial charge in [0.25, 0.3) is 5.91 Å². The van der Waals surface area contributed by atoms with Crippen LogP contribution in [0.2, 0.25) is 0 Å². The second-order valence-corrected chi connectivity index (χ2v) is 6.78. The van der Waals surface area contributed by atoms with Gasteiger partial charge in [-0.3, -0.25) is 4.79 Å². The number of aryl methyl sites for hydroxylation is 1. The average molecular weight is 392 g/mol. The molecule has 4 N–H and O–H groups in total. The molecule has 8 nitrogen and oxygen atoms in total. The molecule has 1 aliphatic rings. The van der Waals surface area contributed by atoms with Crippen LogP contribution in [-0.2, 0) is 16.1 Å². The van der Waals surface area contributed by atoms with Crippen molar-refractivity contribution in [2.24, 2.45) is 5.16 Å². The Bertz CT molecular complexity index is 863. The van der Waals surface area contributed by atoms with Crippen LogP contribution in [0.5, 0.6) is 5.75 Å². The summed E-state index contributed by atoms with van der Waals surface area (Å²) in [5, 5.41) is 18.4. The predicted octanol–water partition coefficient (Wildman–Crippen LogP) is 0.864. The Balaban J connectivity index is 1.78. The number of nitrogens with zero attached hydrogens (tertiary/aromatic N) is 2. The molecule has 3 rings (SSSR count). The molecule has 27 heavy (non-hydrogen) atoms. The number of nitrogens with two attached hydrogens (primary N) is 1. The fraction of sp³-hybridized carbons (Fsp3) is 0.312. The maximum atomic E-state index is 12.7. The summed E-state index contributed by atoms with van der Waals surface area (Å²) in [6, 6.07) is 5.63. The lowest BCUT2D eigenvalue weighted by atomic mass is 9.72. The van der Waals surface area contributed by atoms with Crippen molar-refractivity contribution in [1.82, 2.24) is 10.3 Å². The van der Waals surface area contributed by atoms with Gasteiger partial charge in [-0.15, -0.1) is 11.3 Å². The van der Waals surface area contributed by atoms with Crippen LogP contribution in [0.4, 0.5) is 9.52 Å². The topological polar surface area (TPSA) is 119 Å². The molecule has 1 atom stereocenters. The fourth-order valence-electron chi connectivity index (χ4n) is 2.69. The fourth-order valence-corrected chi connectivity index (χ4v) is 3.24. The van der Waals surface area contributed by atoms with Gasteiger partial charge >= 0.3 is 7.12 Å². The number of fused-ring (bicyclic) bond motifs is 1. The van der Waals surface area contributed by atoms with E-state index in [1.807, 2.05) is 25.1 Å². The van der Waals surface area contributed by atoms with Crippen LogP contribution in [0, 0.1) is 6.92 Å². The van der Waals surface area contributed by atoms with Crippen LogP contribution in [0.1, 0.15) is 16.8 Å². The van der Waals surface area contributed by atoms with E-state index in [-0.39, 0.29) is 23.1 Å². The number of nitrogens with one attached hydrogen (secondary N) is 1. The van der Waals surface area contributed by atoms with Gasteiger partial charge in [-0.25, -0.2) is 9.37 Å². The quantitative estimate of drug-likeness (QED) is 0.291. The number of nitrogen functional groups attached to an aromatic ring is 1. The van der Waals surface area contributed by atoms with E-state index in [9.17, 15) is 14.2 Å². The lowest BCUT2D eigenvalue weighted by Gasteiger charge is -2.29. The van der Waals surface area contributed by atoms with Crippen molar-refractivity contribution in [3.05, 3.63) is 40.4 Å². The van der Waals surface area contributed by atoms with Crippen molar-refractivity contribution in [2.75, 3.05) is 19.0 Å². The van der Waals surface area contributed by atoms with Gasteiger partial charge in [0.15, 0.2) is 10.8 Å². The number of carbonyl (C=O) groups is 1. The van der Waals surface area contributed by atoms with E-state index in [0.717, 1.165) is 22.5 Å². The molecule has 0 unspecified atom stereocenters. The number of benzene rings is 1. The van der Waals surface area contributed by atoms with Crippen LogP contribution in [0.3, 0.4) is 0 Å². The number of carbonyl (C=O) groups excluding carboxylic acids is 1. The summed E-state index contributed by atoms with van der Waals surface area (Å²) in [6.07, 6.45) is 0.377. The van der Waals surface area contributed by atoms with Crippen molar-refractivity contribution in [3.8, 4) is 5.75 Å². The number of alkyl halides is 1. The Morgan fingerprint density at radius 3 is 3.15 bits per heavy atom. The Kier molecular flexibility index (Phi) is 5.92. The molecule has 1 aliphatic heterocycles. The second-order valence-electron chi connectivity index (χ2n) is 5.89. The number of para-hydroxylation sites is 1. The molecule has 0 aliphatic carbocycles. The highest BCUT2D eigenvalue weighted by atomic mass is 32.1. The third kappa shape index (κ3) is 4.37. The number of amides is 1. The standard InChI is InChI=1S/C16H18BFN4O4S/c1-9-3-2-4-10-7-12(17(24)26-14(9)10)21-15(23)13(22-25-6-5-18)11-8-27-16(19)20-11/h2-4,8,12,24H,5-7H2,1H3,(H2,19,20)(H,21,23)/b22-13-/t12-/m0/s1. The van der Waals surface area contributed by atoms with Gasteiger partial charge in [-0.05, 0) is 24.5 Å². The van der Waals surface area contributed by atoms with E-state index < -0.39 is 25.6 Å². The Morgan fingerprint density at radius 2 is 2.44 bits per heavy atom. The average Bonchev–Trinajstić information content (AvgIpc) is 3.06. The predicted molar refractivity (Wildman–Crippen MR) is 100 cm³/mol. The lowest BCUT2D eigenvalue weighted by Crippen LogP contribution is -2.54. The Morgan fingerprint density at radius 1 is 1.63 bits per heavy atom. The van der Waals surface area contributed by atoms with Gasteiger partial charge in [0.1, 0.15) is 24.7 Å². The summed E-state index contributed by atoms with van der Waals surface area (Å²) in [5.41, 5.74) is 7.43. The third-order valence-electron chi connectivity index (χ3n) is 3.94. The lowest BCUT2D eigenvalue weighted by molar-refractivity contribution is -0.115. The molecule has 0 saturated heterocycles. The van der Waals surface area contributed by atoms with Gasteiger partial charge in [-0.2, -0.15) is 0 Å². The molecule has 0 radical (unpaired) electrons. The maximum absolute atomic E-state index is 12.7.